The minimum absolute atomic E-state index is 0.115. The number of nitrogens with zero attached hydrogens (tertiary/aromatic N) is 3. The Morgan fingerprint density at radius 1 is 1.35 bits per heavy atom. The molecule has 1 saturated heterocycles. The number of H-pyrrole nitrogens is 1. The van der Waals surface area contributed by atoms with Crippen molar-refractivity contribution in [3.63, 3.8) is 0 Å². The molecule has 1 saturated carbocycles. The molecule has 4 rings (SSSR count). The van der Waals surface area contributed by atoms with Gasteiger partial charge in [-0.1, -0.05) is 12.1 Å². The SMILES string of the molecule is COc1ccc(C2CC2C(=O)N2CCCC(c3n[nH]c(=S)n3C)C2)cc1. The van der Waals surface area contributed by atoms with Crippen LogP contribution in [-0.4, -0.2) is 45.8 Å². The zero-order valence-electron chi connectivity index (χ0n) is 15.1. The molecule has 1 aliphatic carbocycles. The zero-order valence-corrected chi connectivity index (χ0v) is 16.0. The molecule has 3 atom stereocenters. The van der Waals surface area contributed by atoms with E-state index in [4.69, 9.17) is 17.0 Å². The summed E-state index contributed by atoms with van der Waals surface area (Å²) >= 11 is 5.22. The zero-order chi connectivity index (χ0) is 18.3. The molecule has 1 aliphatic heterocycles. The quantitative estimate of drug-likeness (QED) is 0.838. The first-order valence-electron chi connectivity index (χ1n) is 9.12. The molecule has 1 N–H and O–H groups in total. The van der Waals surface area contributed by atoms with Crippen LogP contribution in [0, 0.1) is 10.7 Å². The lowest BCUT2D eigenvalue weighted by atomic mass is 9.96. The number of piperidine rings is 1. The largest absolute Gasteiger partial charge is 0.497 e. The third-order valence-corrected chi connectivity index (χ3v) is 6.03. The summed E-state index contributed by atoms with van der Waals surface area (Å²) in [5.41, 5.74) is 1.23. The number of ether oxygens (including phenoxy) is 1. The van der Waals surface area contributed by atoms with Gasteiger partial charge in [-0.15, -0.1) is 0 Å². The first kappa shape index (κ1) is 17.3. The van der Waals surface area contributed by atoms with Crippen LogP contribution in [0.15, 0.2) is 24.3 Å². The summed E-state index contributed by atoms with van der Waals surface area (Å²) in [7, 11) is 3.60. The summed E-state index contributed by atoms with van der Waals surface area (Å²) in [6, 6.07) is 8.08. The van der Waals surface area contributed by atoms with Gasteiger partial charge in [0.25, 0.3) is 0 Å². The van der Waals surface area contributed by atoms with Crippen molar-refractivity contribution in [3.8, 4) is 5.75 Å². The number of amides is 1. The van der Waals surface area contributed by atoms with Gasteiger partial charge >= 0.3 is 0 Å². The molecular formula is C19H24N4O2S. The first-order chi connectivity index (χ1) is 12.6. The predicted molar refractivity (Wildman–Crippen MR) is 101 cm³/mol. The van der Waals surface area contributed by atoms with E-state index in [1.807, 2.05) is 28.6 Å². The van der Waals surface area contributed by atoms with Crippen LogP contribution in [0.4, 0.5) is 0 Å². The molecule has 0 radical (unpaired) electrons. The number of likely N-dealkylation sites (tertiary alicyclic amines) is 1. The number of carbonyl (C=O) groups excluding carboxylic acids is 1. The summed E-state index contributed by atoms with van der Waals surface area (Å²) in [5.74, 6) is 2.80. The van der Waals surface area contributed by atoms with Crippen LogP contribution in [0.5, 0.6) is 5.75 Å². The lowest BCUT2D eigenvalue weighted by Gasteiger charge is -2.32. The maximum Gasteiger partial charge on any atom is 0.226 e. The predicted octanol–water partition coefficient (Wildman–Crippen LogP) is 3.00. The molecule has 1 aromatic carbocycles. The molecule has 2 aliphatic rings. The summed E-state index contributed by atoms with van der Waals surface area (Å²) in [6.45, 7) is 1.58. The summed E-state index contributed by atoms with van der Waals surface area (Å²) in [5, 5.41) is 7.22. The fraction of sp³-hybridized carbons (Fsp3) is 0.526. The number of hydrogen-bond donors (Lipinski definition) is 1. The van der Waals surface area contributed by atoms with Crippen LogP contribution in [0.1, 0.15) is 42.5 Å². The van der Waals surface area contributed by atoms with E-state index in [9.17, 15) is 4.79 Å². The van der Waals surface area contributed by atoms with Crippen LogP contribution in [0.25, 0.3) is 0 Å². The number of nitrogens with one attached hydrogen (secondary N) is 1. The van der Waals surface area contributed by atoms with Crippen molar-refractivity contribution in [1.29, 1.82) is 0 Å². The molecule has 2 fully saturated rings. The van der Waals surface area contributed by atoms with Gasteiger partial charge in [0.2, 0.25) is 5.91 Å². The van der Waals surface area contributed by atoms with Crippen molar-refractivity contribution >= 4 is 18.1 Å². The van der Waals surface area contributed by atoms with Gasteiger partial charge in [-0.05, 0) is 55.1 Å². The van der Waals surface area contributed by atoms with Crippen molar-refractivity contribution in [2.24, 2.45) is 13.0 Å². The van der Waals surface area contributed by atoms with Gasteiger partial charge in [0, 0.05) is 32.0 Å². The van der Waals surface area contributed by atoms with E-state index in [1.54, 1.807) is 7.11 Å². The number of methoxy groups -OCH3 is 1. The molecule has 7 heteroatoms. The van der Waals surface area contributed by atoms with Gasteiger partial charge in [-0.3, -0.25) is 9.89 Å². The second-order valence-corrected chi connectivity index (χ2v) is 7.68. The lowest BCUT2D eigenvalue weighted by molar-refractivity contribution is -0.133. The highest BCUT2D eigenvalue weighted by Gasteiger charge is 2.46. The topological polar surface area (TPSA) is 63.1 Å². The molecule has 2 heterocycles. The second-order valence-electron chi connectivity index (χ2n) is 7.29. The Hall–Kier alpha value is -2.15. The van der Waals surface area contributed by atoms with E-state index in [0.717, 1.165) is 43.9 Å². The number of rotatable bonds is 4. The normalized spacial score (nSPS) is 25.2. The highest BCUT2D eigenvalue weighted by atomic mass is 32.1. The summed E-state index contributed by atoms with van der Waals surface area (Å²) in [6.07, 6.45) is 3.00. The van der Waals surface area contributed by atoms with E-state index in [-0.39, 0.29) is 17.7 Å². The third-order valence-electron chi connectivity index (χ3n) is 5.66. The Bertz CT molecular complexity index is 857. The fourth-order valence-electron chi connectivity index (χ4n) is 4.03. The van der Waals surface area contributed by atoms with Crippen molar-refractivity contribution in [2.75, 3.05) is 20.2 Å². The highest BCUT2D eigenvalue weighted by Crippen LogP contribution is 2.49. The average Bonchev–Trinajstić information content (AvgIpc) is 3.41. The monoisotopic (exact) mass is 372 g/mol. The van der Waals surface area contributed by atoms with Crippen molar-refractivity contribution in [3.05, 3.63) is 40.4 Å². The second kappa shape index (κ2) is 6.87. The molecule has 1 amide bonds. The lowest BCUT2D eigenvalue weighted by Crippen LogP contribution is -2.40. The van der Waals surface area contributed by atoms with Gasteiger partial charge in [0.1, 0.15) is 11.6 Å². The number of hydrogen-bond acceptors (Lipinski definition) is 4. The smallest absolute Gasteiger partial charge is 0.226 e. The first-order valence-corrected chi connectivity index (χ1v) is 9.53. The maximum absolute atomic E-state index is 13.0. The van der Waals surface area contributed by atoms with Crippen LogP contribution in [-0.2, 0) is 11.8 Å². The third kappa shape index (κ3) is 3.16. The number of benzene rings is 1. The van der Waals surface area contributed by atoms with E-state index in [2.05, 4.69) is 22.3 Å². The molecule has 0 bridgehead atoms. The number of aromatic amines is 1. The Morgan fingerprint density at radius 3 is 2.77 bits per heavy atom. The molecule has 0 spiro atoms. The summed E-state index contributed by atoms with van der Waals surface area (Å²) < 4.78 is 7.76. The Kier molecular flexibility index (Phi) is 4.56. The molecule has 138 valence electrons. The molecule has 26 heavy (non-hydrogen) atoms. The van der Waals surface area contributed by atoms with Crippen LogP contribution < -0.4 is 4.74 Å². The van der Waals surface area contributed by atoms with Crippen LogP contribution >= 0.6 is 12.2 Å². The molecule has 3 unspecified atom stereocenters. The van der Waals surface area contributed by atoms with E-state index >= 15 is 0 Å². The Labute approximate surface area is 158 Å². The summed E-state index contributed by atoms with van der Waals surface area (Å²) in [4.78, 5) is 15.0. The molecular weight excluding hydrogens is 348 g/mol. The maximum atomic E-state index is 13.0. The Balaban J connectivity index is 1.42. The molecule has 2 aromatic rings. The van der Waals surface area contributed by atoms with Gasteiger partial charge in [0.05, 0.1) is 7.11 Å². The van der Waals surface area contributed by atoms with Gasteiger partial charge in [-0.25, -0.2) is 0 Å². The average molecular weight is 372 g/mol. The van der Waals surface area contributed by atoms with Crippen molar-refractivity contribution in [1.82, 2.24) is 19.7 Å². The van der Waals surface area contributed by atoms with Gasteiger partial charge in [0.15, 0.2) is 4.77 Å². The van der Waals surface area contributed by atoms with Crippen molar-refractivity contribution in [2.45, 2.75) is 31.1 Å². The van der Waals surface area contributed by atoms with Crippen LogP contribution in [0.2, 0.25) is 0 Å². The minimum atomic E-state index is 0.115. The number of carbonyl (C=O) groups is 1. The van der Waals surface area contributed by atoms with Gasteiger partial charge < -0.3 is 14.2 Å². The van der Waals surface area contributed by atoms with E-state index in [1.165, 1.54) is 5.56 Å². The Morgan fingerprint density at radius 2 is 2.12 bits per heavy atom. The molecule has 1 aromatic heterocycles. The number of aromatic nitrogens is 3. The molecule has 6 nitrogen and oxygen atoms in total. The van der Waals surface area contributed by atoms with Crippen molar-refractivity contribution < 1.29 is 9.53 Å². The standard InChI is InChI=1S/C19H24N4O2S/c1-22-17(20-21-19(22)26)13-4-3-9-23(11-13)18(24)16-10-15(16)12-5-7-14(25-2)8-6-12/h5-8,13,15-16H,3-4,9-11H2,1-2H3,(H,21,26). The minimum Gasteiger partial charge on any atom is -0.497 e. The van der Waals surface area contributed by atoms with E-state index < -0.39 is 0 Å². The highest BCUT2D eigenvalue weighted by molar-refractivity contribution is 7.71. The van der Waals surface area contributed by atoms with Crippen LogP contribution in [0.3, 0.4) is 0 Å². The fourth-order valence-corrected chi connectivity index (χ4v) is 4.17. The van der Waals surface area contributed by atoms with E-state index in [0.29, 0.717) is 10.7 Å². The van der Waals surface area contributed by atoms with Gasteiger partial charge in [-0.2, -0.15) is 5.10 Å².